The van der Waals surface area contributed by atoms with Crippen LogP contribution in [0.4, 0.5) is 5.69 Å². The van der Waals surface area contributed by atoms with E-state index in [4.69, 9.17) is 9.84 Å². The van der Waals surface area contributed by atoms with Gasteiger partial charge in [0.25, 0.3) is 0 Å². The van der Waals surface area contributed by atoms with Crippen molar-refractivity contribution in [3.63, 3.8) is 0 Å². The molecule has 2 aliphatic rings. The highest BCUT2D eigenvalue weighted by Crippen LogP contribution is 2.40. The molecule has 24 heavy (non-hydrogen) atoms. The number of hydrogen-bond acceptors (Lipinski definition) is 5. The Hall–Kier alpha value is -1.79. The van der Waals surface area contributed by atoms with Crippen molar-refractivity contribution in [2.45, 2.75) is 24.0 Å². The summed E-state index contributed by atoms with van der Waals surface area (Å²) in [6, 6.07) is 9.70. The Balaban J connectivity index is 1.77. The number of methoxy groups -OCH3 is 1. The minimum atomic E-state index is 0.0642. The van der Waals surface area contributed by atoms with Crippen LogP contribution in [0.25, 0.3) is 0 Å². The van der Waals surface area contributed by atoms with Gasteiger partial charge in [0, 0.05) is 22.8 Å². The maximum Gasteiger partial charge on any atom is 0.248 e. The zero-order valence-corrected chi connectivity index (χ0v) is 15.2. The molecular weight excluding hydrogens is 340 g/mol. The number of anilines is 1. The van der Waals surface area contributed by atoms with Crippen molar-refractivity contribution >= 4 is 40.4 Å². The molecule has 2 aliphatic heterocycles. The number of nitrogens with zero attached hydrogens (tertiary/aromatic N) is 2. The van der Waals surface area contributed by atoms with Gasteiger partial charge in [0.05, 0.1) is 22.7 Å². The quantitative estimate of drug-likeness (QED) is 0.803. The second-order valence-corrected chi connectivity index (χ2v) is 8.61. The summed E-state index contributed by atoms with van der Waals surface area (Å²) in [6.45, 7) is 2.13. The van der Waals surface area contributed by atoms with Crippen molar-refractivity contribution in [3.8, 4) is 5.75 Å². The lowest BCUT2D eigenvalue weighted by Gasteiger charge is -2.28. The minimum Gasteiger partial charge on any atom is -0.497 e. The first-order chi connectivity index (χ1) is 11.7. The molecule has 0 fully saturated rings. The third-order valence-corrected chi connectivity index (χ3v) is 6.74. The number of rotatable bonds is 2. The lowest BCUT2D eigenvalue weighted by Crippen LogP contribution is -2.37. The van der Waals surface area contributed by atoms with Crippen LogP contribution in [0.3, 0.4) is 0 Å². The van der Waals surface area contributed by atoms with E-state index in [2.05, 4.69) is 13.0 Å². The van der Waals surface area contributed by atoms with E-state index in [0.29, 0.717) is 6.42 Å². The minimum absolute atomic E-state index is 0.0642. The Labute approximate surface area is 149 Å². The van der Waals surface area contributed by atoms with Gasteiger partial charge in [-0.25, -0.2) is 5.01 Å². The molecule has 1 atom stereocenters. The highest BCUT2D eigenvalue weighted by atomic mass is 32.2. The highest BCUT2D eigenvalue weighted by Gasteiger charge is 2.34. The summed E-state index contributed by atoms with van der Waals surface area (Å²) in [4.78, 5) is 13.9. The fraction of sp³-hybridized carbons (Fsp3) is 0.333. The van der Waals surface area contributed by atoms with E-state index in [-0.39, 0.29) is 11.8 Å². The van der Waals surface area contributed by atoms with Gasteiger partial charge < -0.3 is 4.74 Å². The number of aryl methyl sites for hydroxylation is 1. The first kappa shape index (κ1) is 15.7. The molecule has 0 spiro atoms. The van der Waals surface area contributed by atoms with Crippen molar-refractivity contribution in [2.75, 3.05) is 17.9 Å². The molecule has 0 bridgehead atoms. The summed E-state index contributed by atoms with van der Waals surface area (Å²) in [6.07, 6.45) is 1.53. The van der Waals surface area contributed by atoms with Crippen LogP contribution in [0.1, 0.15) is 23.3 Å². The molecule has 3 heterocycles. The summed E-state index contributed by atoms with van der Waals surface area (Å²) in [5, 5.41) is 6.33. The molecule has 2 aromatic rings. The second kappa shape index (κ2) is 6.26. The lowest BCUT2D eigenvalue weighted by molar-refractivity contribution is -0.119. The molecule has 0 saturated carbocycles. The monoisotopic (exact) mass is 358 g/mol. The molecule has 1 aromatic carbocycles. The Bertz CT molecular complexity index is 811. The molecule has 4 nitrogen and oxygen atoms in total. The van der Waals surface area contributed by atoms with E-state index < -0.39 is 0 Å². The van der Waals surface area contributed by atoms with Gasteiger partial charge in [-0.15, -0.1) is 23.1 Å². The number of hydrogen-bond donors (Lipinski definition) is 0. The first-order valence-electron chi connectivity index (χ1n) is 7.95. The van der Waals surface area contributed by atoms with Crippen LogP contribution in [0.2, 0.25) is 0 Å². The fourth-order valence-electron chi connectivity index (χ4n) is 3.15. The number of thiophene rings is 1. The molecular formula is C18H18N2O2S2. The zero-order chi connectivity index (χ0) is 16.7. The first-order valence-corrected chi connectivity index (χ1v) is 9.75. The largest absolute Gasteiger partial charge is 0.497 e. The summed E-state index contributed by atoms with van der Waals surface area (Å²) in [5.41, 5.74) is 3.07. The number of benzene rings is 1. The van der Waals surface area contributed by atoms with Crippen molar-refractivity contribution < 1.29 is 9.53 Å². The topological polar surface area (TPSA) is 41.9 Å². The maximum absolute atomic E-state index is 12.6. The predicted octanol–water partition coefficient (Wildman–Crippen LogP) is 4.32. The third kappa shape index (κ3) is 2.74. The average Bonchev–Trinajstić information content (AvgIpc) is 2.88. The Morgan fingerprint density at radius 3 is 2.83 bits per heavy atom. The van der Waals surface area contributed by atoms with E-state index in [9.17, 15) is 4.79 Å². The van der Waals surface area contributed by atoms with Crippen LogP contribution in [0.5, 0.6) is 5.75 Å². The number of carbonyl (C=O) groups is 1. The van der Waals surface area contributed by atoms with E-state index in [1.165, 1.54) is 14.6 Å². The van der Waals surface area contributed by atoms with Crippen molar-refractivity contribution in [3.05, 3.63) is 40.8 Å². The Kier molecular flexibility index (Phi) is 4.10. The van der Waals surface area contributed by atoms with E-state index in [1.54, 1.807) is 12.1 Å². The van der Waals surface area contributed by atoms with Gasteiger partial charge in [0.2, 0.25) is 5.91 Å². The molecule has 1 amide bonds. The number of amides is 1. The van der Waals surface area contributed by atoms with Crippen LogP contribution in [0, 0.1) is 12.8 Å². The summed E-state index contributed by atoms with van der Waals surface area (Å²) in [5.74, 6) is 2.12. The molecule has 0 saturated heterocycles. The third-order valence-electron chi connectivity index (χ3n) is 4.37. The number of thioether (sulfide) groups is 1. The number of hydrazone groups is 1. The van der Waals surface area contributed by atoms with Crippen LogP contribution >= 0.6 is 23.1 Å². The SMILES string of the molecule is COc1ccc(N2N=C3c4cc(C)sc4SCCC3CC2=O)cc1. The van der Waals surface area contributed by atoms with Gasteiger partial charge in [-0.3, -0.25) is 4.79 Å². The summed E-state index contributed by atoms with van der Waals surface area (Å²) in [7, 11) is 1.63. The number of ether oxygens (including phenoxy) is 1. The average molecular weight is 358 g/mol. The molecule has 1 aromatic heterocycles. The zero-order valence-electron chi connectivity index (χ0n) is 13.6. The Morgan fingerprint density at radius 1 is 1.29 bits per heavy atom. The van der Waals surface area contributed by atoms with E-state index in [1.807, 2.05) is 47.4 Å². The molecule has 1 unspecified atom stereocenters. The Morgan fingerprint density at radius 2 is 2.08 bits per heavy atom. The highest BCUT2D eigenvalue weighted by molar-refractivity contribution is 8.01. The second-order valence-electron chi connectivity index (χ2n) is 5.99. The normalized spacial score (nSPS) is 20.1. The smallest absolute Gasteiger partial charge is 0.248 e. The molecule has 0 aliphatic carbocycles. The molecule has 124 valence electrons. The molecule has 4 rings (SSSR count). The van der Waals surface area contributed by atoms with Crippen LogP contribution in [-0.2, 0) is 4.79 Å². The van der Waals surface area contributed by atoms with Gasteiger partial charge >= 0.3 is 0 Å². The lowest BCUT2D eigenvalue weighted by atomic mass is 9.91. The van der Waals surface area contributed by atoms with E-state index >= 15 is 0 Å². The van der Waals surface area contributed by atoms with Gasteiger partial charge in [-0.2, -0.15) is 5.10 Å². The molecule has 0 N–H and O–H groups in total. The van der Waals surface area contributed by atoms with Crippen LogP contribution in [-0.4, -0.2) is 24.5 Å². The van der Waals surface area contributed by atoms with E-state index in [0.717, 1.165) is 29.3 Å². The standard InChI is InChI=1S/C18H18N2O2S2/c1-11-9-15-17-12(7-8-23-18(15)24-11)10-16(21)20(19-17)13-3-5-14(22-2)6-4-13/h3-6,9,12H,7-8,10H2,1-2H3. The molecule has 0 radical (unpaired) electrons. The summed E-state index contributed by atoms with van der Waals surface area (Å²) >= 11 is 3.72. The van der Waals surface area contributed by atoms with Crippen LogP contribution < -0.4 is 9.75 Å². The fourth-order valence-corrected chi connectivity index (χ4v) is 5.68. The predicted molar refractivity (Wildman–Crippen MR) is 99.5 cm³/mol. The maximum atomic E-state index is 12.6. The van der Waals surface area contributed by atoms with Crippen molar-refractivity contribution in [1.82, 2.24) is 0 Å². The van der Waals surface area contributed by atoms with Gasteiger partial charge in [0.1, 0.15) is 5.75 Å². The van der Waals surface area contributed by atoms with Gasteiger partial charge in [-0.05, 0) is 49.4 Å². The molecule has 6 heteroatoms. The van der Waals surface area contributed by atoms with Crippen molar-refractivity contribution in [1.29, 1.82) is 0 Å². The van der Waals surface area contributed by atoms with Gasteiger partial charge in [0.15, 0.2) is 0 Å². The van der Waals surface area contributed by atoms with Gasteiger partial charge in [-0.1, -0.05) is 0 Å². The van der Waals surface area contributed by atoms with Crippen molar-refractivity contribution in [2.24, 2.45) is 11.0 Å². The number of fused-ring (bicyclic) bond motifs is 3. The number of carbonyl (C=O) groups excluding carboxylic acids is 1. The van der Waals surface area contributed by atoms with Crippen LogP contribution in [0.15, 0.2) is 39.6 Å². The summed E-state index contributed by atoms with van der Waals surface area (Å²) < 4.78 is 6.53.